The van der Waals surface area contributed by atoms with Gasteiger partial charge < -0.3 is 19.9 Å². The molecule has 20 heavy (non-hydrogen) atoms. The van der Waals surface area contributed by atoms with Crippen LogP contribution in [0.25, 0.3) is 0 Å². The van der Waals surface area contributed by atoms with Crippen LogP contribution < -0.4 is 5.32 Å². The molecule has 6 nitrogen and oxygen atoms in total. The lowest BCUT2D eigenvalue weighted by molar-refractivity contribution is 0.0101. The average Bonchev–Trinajstić information content (AvgIpc) is 2.98. The molecule has 1 saturated heterocycles. The van der Waals surface area contributed by atoms with Crippen LogP contribution in [0.2, 0.25) is 0 Å². The van der Waals surface area contributed by atoms with Crippen molar-refractivity contribution in [2.75, 3.05) is 26.2 Å². The number of imidazole rings is 1. The van der Waals surface area contributed by atoms with Gasteiger partial charge in [0.1, 0.15) is 0 Å². The Morgan fingerprint density at radius 3 is 3.30 bits per heavy atom. The smallest absolute Gasteiger partial charge is 0.317 e. The van der Waals surface area contributed by atoms with Crippen molar-refractivity contribution in [2.45, 2.75) is 38.7 Å². The van der Waals surface area contributed by atoms with Gasteiger partial charge in [-0.1, -0.05) is 6.92 Å². The molecule has 112 valence electrons. The largest absolute Gasteiger partial charge is 0.376 e. The van der Waals surface area contributed by atoms with E-state index in [1.807, 2.05) is 4.90 Å². The van der Waals surface area contributed by atoms with Crippen LogP contribution >= 0.6 is 0 Å². The molecule has 1 aromatic rings. The first-order chi connectivity index (χ1) is 9.79. The van der Waals surface area contributed by atoms with Crippen LogP contribution in [0.15, 0.2) is 12.5 Å². The number of amides is 2. The third-order valence-corrected chi connectivity index (χ3v) is 3.45. The zero-order valence-electron chi connectivity index (χ0n) is 12.1. The van der Waals surface area contributed by atoms with E-state index >= 15 is 0 Å². The van der Waals surface area contributed by atoms with Gasteiger partial charge in [0.25, 0.3) is 0 Å². The summed E-state index contributed by atoms with van der Waals surface area (Å²) in [5.41, 5.74) is 1.04. The van der Waals surface area contributed by atoms with Crippen LogP contribution in [0.1, 0.15) is 31.9 Å². The quantitative estimate of drug-likeness (QED) is 0.830. The van der Waals surface area contributed by atoms with Crippen molar-refractivity contribution >= 4 is 6.03 Å². The monoisotopic (exact) mass is 280 g/mol. The summed E-state index contributed by atoms with van der Waals surface area (Å²) in [6.07, 6.45) is 7.49. The van der Waals surface area contributed by atoms with Crippen molar-refractivity contribution < 1.29 is 9.53 Å². The molecule has 0 unspecified atom stereocenters. The molecule has 1 aliphatic rings. The van der Waals surface area contributed by atoms with Gasteiger partial charge in [-0.3, -0.25) is 0 Å². The van der Waals surface area contributed by atoms with Gasteiger partial charge in [-0.05, 0) is 19.3 Å². The standard InChI is InChI=1S/C14H24N4O2/c1-2-8-20-13-4-3-7-18(10-13)14(19)16-6-5-12-9-15-11-17-12/h9,11,13H,2-8,10H2,1H3,(H,15,17)(H,16,19)/t13-/m0/s1. The van der Waals surface area contributed by atoms with Crippen molar-refractivity contribution in [1.29, 1.82) is 0 Å². The highest BCUT2D eigenvalue weighted by Crippen LogP contribution is 2.13. The number of aromatic nitrogens is 2. The fourth-order valence-electron chi connectivity index (χ4n) is 2.38. The number of piperidine rings is 1. The van der Waals surface area contributed by atoms with E-state index in [4.69, 9.17) is 4.74 Å². The highest BCUT2D eigenvalue weighted by Gasteiger charge is 2.23. The molecule has 0 aliphatic carbocycles. The van der Waals surface area contributed by atoms with Crippen LogP contribution in [-0.2, 0) is 11.2 Å². The molecular formula is C14H24N4O2. The molecule has 0 bridgehead atoms. The number of hydrogen-bond acceptors (Lipinski definition) is 3. The molecule has 0 saturated carbocycles. The molecule has 1 fully saturated rings. The maximum atomic E-state index is 12.1. The summed E-state index contributed by atoms with van der Waals surface area (Å²) in [6.45, 7) is 5.03. The molecule has 1 aromatic heterocycles. The Balaban J connectivity index is 1.68. The Labute approximate surface area is 119 Å². The maximum Gasteiger partial charge on any atom is 0.317 e. The molecule has 2 N–H and O–H groups in total. The topological polar surface area (TPSA) is 70.2 Å². The molecule has 2 rings (SSSR count). The minimum atomic E-state index is 0.00862. The van der Waals surface area contributed by atoms with E-state index in [9.17, 15) is 4.79 Å². The number of urea groups is 1. The van der Waals surface area contributed by atoms with E-state index in [1.54, 1.807) is 12.5 Å². The predicted octanol–water partition coefficient (Wildman–Crippen LogP) is 1.55. The van der Waals surface area contributed by atoms with E-state index in [0.29, 0.717) is 13.1 Å². The number of carbonyl (C=O) groups excluding carboxylic acids is 1. The summed E-state index contributed by atoms with van der Waals surface area (Å²) < 4.78 is 5.74. The molecule has 0 aromatic carbocycles. The maximum absolute atomic E-state index is 12.1. The van der Waals surface area contributed by atoms with E-state index in [2.05, 4.69) is 22.2 Å². The third kappa shape index (κ3) is 4.52. The van der Waals surface area contributed by atoms with Crippen molar-refractivity contribution in [3.63, 3.8) is 0 Å². The van der Waals surface area contributed by atoms with Gasteiger partial charge in [-0.15, -0.1) is 0 Å². The molecular weight excluding hydrogens is 256 g/mol. The molecule has 2 heterocycles. The highest BCUT2D eigenvalue weighted by molar-refractivity contribution is 5.74. The van der Waals surface area contributed by atoms with Gasteiger partial charge in [-0.2, -0.15) is 0 Å². The van der Waals surface area contributed by atoms with Crippen LogP contribution in [-0.4, -0.2) is 53.2 Å². The molecule has 1 atom stereocenters. The first-order valence-electron chi connectivity index (χ1n) is 7.41. The third-order valence-electron chi connectivity index (χ3n) is 3.45. The second kappa shape index (κ2) is 7.89. The summed E-state index contributed by atoms with van der Waals surface area (Å²) in [4.78, 5) is 20.9. The number of nitrogens with zero attached hydrogens (tertiary/aromatic N) is 2. The lowest BCUT2D eigenvalue weighted by atomic mass is 10.1. The summed E-state index contributed by atoms with van der Waals surface area (Å²) >= 11 is 0. The molecule has 0 spiro atoms. The van der Waals surface area contributed by atoms with Gasteiger partial charge in [0.2, 0.25) is 0 Å². The molecule has 1 aliphatic heterocycles. The second-order valence-electron chi connectivity index (χ2n) is 5.14. The van der Waals surface area contributed by atoms with Gasteiger partial charge >= 0.3 is 6.03 Å². The summed E-state index contributed by atoms with van der Waals surface area (Å²) in [5, 5.41) is 2.95. The molecule has 2 amide bonds. The highest BCUT2D eigenvalue weighted by atomic mass is 16.5. The van der Waals surface area contributed by atoms with E-state index in [0.717, 1.165) is 44.5 Å². The minimum absolute atomic E-state index is 0.00862. The average molecular weight is 280 g/mol. The van der Waals surface area contributed by atoms with Gasteiger partial charge in [0.15, 0.2) is 0 Å². The Kier molecular flexibility index (Phi) is 5.86. The van der Waals surface area contributed by atoms with Gasteiger partial charge in [-0.25, -0.2) is 9.78 Å². The first-order valence-corrected chi connectivity index (χ1v) is 7.41. The molecule has 6 heteroatoms. The number of rotatable bonds is 6. The fraction of sp³-hybridized carbons (Fsp3) is 0.714. The Hall–Kier alpha value is -1.56. The van der Waals surface area contributed by atoms with Crippen molar-refractivity contribution in [3.05, 3.63) is 18.2 Å². The Morgan fingerprint density at radius 1 is 1.65 bits per heavy atom. The molecule has 0 radical (unpaired) electrons. The number of aromatic amines is 1. The SMILES string of the molecule is CCCO[C@H]1CCCN(C(=O)NCCc2cnc[nH]2)C1. The van der Waals surface area contributed by atoms with Gasteiger partial charge in [0.05, 0.1) is 12.4 Å². The zero-order valence-corrected chi connectivity index (χ0v) is 12.1. The number of nitrogens with one attached hydrogen (secondary N) is 2. The van der Waals surface area contributed by atoms with E-state index < -0.39 is 0 Å². The van der Waals surface area contributed by atoms with Crippen molar-refractivity contribution in [2.24, 2.45) is 0 Å². The first kappa shape index (κ1) is 14.8. The summed E-state index contributed by atoms with van der Waals surface area (Å²) in [5.74, 6) is 0. The zero-order chi connectivity index (χ0) is 14.2. The number of ether oxygens (including phenoxy) is 1. The number of carbonyl (C=O) groups is 1. The van der Waals surface area contributed by atoms with Crippen molar-refractivity contribution in [1.82, 2.24) is 20.2 Å². The number of likely N-dealkylation sites (tertiary alicyclic amines) is 1. The van der Waals surface area contributed by atoms with E-state index in [1.165, 1.54) is 0 Å². The Morgan fingerprint density at radius 2 is 2.55 bits per heavy atom. The fourth-order valence-corrected chi connectivity index (χ4v) is 2.38. The number of H-pyrrole nitrogens is 1. The summed E-state index contributed by atoms with van der Waals surface area (Å²) in [7, 11) is 0. The van der Waals surface area contributed by atoms with Crippen LogP contribution in [0.4, 0.5) is 4.79 Å². The van der Waals surface area contributed by atoms with Crippen molar-refractivity contribution in [3.8, 4) is 0 Å². The van der Waals surface area contributed by atoms with Crippen LogP contribution in [0.5, 0.6) is 0 Å². The van der Waals surface area contributed by atoms with E-state index in [-0.39, 0.29) is 12.1 Å². The Bertz CT molecular complexity index is 394. The lowest BCUT2D eigenvalue weighted by Gasteiger charge is -2.32. The van der Waals surface area contributed by atoms with Crippen LogP contribution in [0.3, 0.4) is 0 Å². The predicted molar refractivity (Wildman–Crippen MR) is 76.5 cm³/mol. The van der Waals surface area contributed by atoms with Gasteiger partial charge in [0, 0.05) is 44.6 Å². The second-order valence-corrected chi connectivity index (χ2v) is 5.14. The minimum Gasteiger partial charge on any atom is -0.376 e. The summed E-state index contributed by atoms with van der Waals surface area (Å²) in [6, 6.07) is 0.00862. The number of hydrogen-bond donors (Lipinski definition) is 2. The normalized spacial score (nSPS) is 19.1. The van der Waals surface area contributed by atoms with Crippen LogP contribution in [0, 0.1) is 0 Å². The lowest BCUT2D eigenvalue weighted by Crippen LogP contribution is -2.48.